The van der Waals surface area contributed by atoms with E-state index in [1.807, 2.05) is 12.1 Å². The predicted octanol–water partition coefficient (Wildman–Crippen LogP) is 5.61. The van der Waals surface area contributed by atoms with E-state index in [0.29, 0.717) is 48.7 Å². The zero-order valence-corrected chi connectivity index (χ0v) is 24.7. The number of benzene rings is 4. The molecule has 11 heteroatoms. The van der Waals surface area contributed by atoms with Crippen molar-refractivity contribution in [3.63, 3.8) is 0 Å². The van der Waals surface area contributed by atoms with Gasteiger partial charge < -0.3 is 30.1 Å². The van der Waals surface area contributed by atoms with Gasteiger partial charge in [-0.15, -0.1) is 0 Å². The summed E-state index contributed by atoms with van der Waals surface area (Å²) in [4.78, 5) is 44.3. The van der Waals surface area contributed by atoms with E-state index in [2.05, 4.69) is 15.5 Å². The molecule has 9 nitrogen and oxygen atoms in total. The topological polar surface area (TPSA) is 94.2 Å². The van der Waals surface area contributed by atoms with E-state index in [9.17, 15) is 23.2 Å². The van der Waals surface area contributed by atoms with Crippen LogP contribution in [-0.2, 0) is 11.3 Å². The molecule has 0 aromatic heterocycles. The number of para-hydroxylation sites is 1. The predicted molar refractivity (Wildman–Crippen MR) is 168 cm³/mol. The molecule has 0 atom stereocenters. The molecule has 45 heavy (non-hydrogen) atoms. The Labute approximate surface area is 260 Å². The molecular formula is C34H33F2N5O4. The number of carbonyl (C=O) groups is 3. The van der Waals surface area contributed by atoms with Gasteiger partial charge in [0.25, 0.3) is 5.91 Å². The summed E-state index contributed by atoms with van der Waals surface area (Å²) in [5, 5.41) is 5.47. The van der Waals surface area contributed by atoms with Crippen LogP contribution in [0.1, 0.15) is 15.9 Å². The number of halogens is 2. The number of ether oxygens (including phenoxy) is 1. The van der Waals surface area contributed by atoms with Crippen LogP contribution in [-0.4, -0.2) is 67.5 Å². The van der Waals surface area contributed by atoms with Gasteiger partial charge in [-0.1, -0.05) is 30.3 Å². The summed E-state index contributed by atoms with van der Waals surface area (Å²) in [7, 11) is 1.51. The summed E-state index contributed by atoms with van der Waals surface area (Å²) in [6, 6.07) is 25.4. The highest BCUT2D eigenvalue weighted by atomic mass is 19.1. The molecule has 1 heterocycles. The van der Waals surface area contributed by atoms with Crippen LogP contribution in [0.4, 0.5) is 30.6 Å². The average molecular weight is 614 g/mol. The molecule has 0 spiro atoms. The first-order chi connectivity index (χ1) is 21.8. The number of piperazine rings is 1. The van der Waals surface area contributed by atoms with E-state index in [4.69, 9.17) is 4.74 Å². The Balaban J connectivity index is 1.18. The van der Waals surface area contributed by atoms with Gasteiger partial charge in [0.05, 0.1) is 12.8 Å². The maximum absolute atomic E-state index is 13.9. The van der Waals surface area contributed by atoms with Crippen molar-refractivity contribution in [2.75, 3.05) is 55.4 Å². The van der Waals surface area contributed by atoms with Crippen LogP contribution in [0, 0.1) is 11.6 Å². The van der Waals surface area contributed by atoms with Crippen molar-refractivity contribution in [1.82, 2.24) is 9.80 Å². The van der Waals surface area contributed by atoms with E-state index < -0.39 is 17.5 Å². The number of hydrogen-bond donors (Lipinski definition) is 2. The smallest absolute Gasteiger partial charge is 0.322 e. The minimum Gasteiger partial charge on any atom is -0.497 e. The van der Waals surface area contributed by atoms with E-state index in [0.717, 1.165) is 5.69 Å². The molecule has 2 N–H and O–H groups in total. The lowest BCUT2D eigenvalue weighted by atomic mass is 10.1. The monoisotopic (exact) mass is 613 g/mol. The molecule has 0 unspecified atom stereocenters. The number of hydrogen-bond acceptors (Lipinski definition) is 5. The van der Waals surface area contributed by atoms with Crippen LogP contribution in [0.3, 0.4) is 0 Å². The second-order valence-electron chi connectivity index (χ2n) is 10.5. The second kappa shape index (κ2) is 14.3. The molecule has 1 fully saturated rings. The van der Waals surface area contributed by atoms with Crippen molar-refractivity contribution in [2.45, 2.75) is 6.54 Å². The molecule has 1 saturated heterocycles. The quantitative estimate of drug-likeness (QED) is 0.256. The summed E-state index contributed by atoms with van der Waals surface area (Å²) >= 11 is 0. The largest absolute Gasteiger partial charge is 0.497 e. The third kappa shape index (κ3) is 8.14. The first-order valence-corrected chi connectivity index (χ1v) is 14.4. The Morgan fingerprint density at radius 2 is 1.53 bits per heavy atom. The Morgan fingerprint density at radius 3 is 2.22 bits per heavy atom. The van der Waals surface area contributed by atoms with Crippen molar-refractivity contribution >= 4 is 34.9 Å². The van der Waals surface area contributed by atoms with Gasteiger partial charge in [-0.25, -0.2) is 13.6 Å². The fourth-order valence-electron chi connectivity index (χ4n) is 5.00. The van der Waals surface area contributed by atoms with E-state index in [-0.39, 0.29) is 30.7 Å². The molecule has 0 aliphatic carbocycles. The van der Waals surface area contributed by atoms with Crippen molar-refractivity contribution in [1.29, 1.82) is 0 Å². The van der Waals surface area contributed by atoms with Gasteiger partial charge in [-0.05, 0) is 72.3 Å². The van der Waals surface area contributed by atoms with Crippen LogP contribution in [0.2, 0.25) is 0 Å². The first-order valence-electron chi connectivity index (χ1n) is 14.4. The number of nitrogens with zero attached hydrogens (tertiary/aromatic N) is 3. The normalized spacial score (nSPS) is 12.8. The lowest BCUT2D eigenvalue weighted by molar-refractivity contribution is -0.117. The van der Waals surface area contributed by atoms with Gasteiger partial charge in [-0.2, -0.15) is 0 Å². The van der Waals surface area contributed by atoms with Crippen molar-refractivity contribution < 1.29 is 27.9 Å². The van der Waals surface area contributed by atoms with Crippen LogP contribution in [0.5, 0.6) is 5.75 Å². The number of anilines is 3. The SMILES string of the molecule is COc1cccc(C(=O)N(CC(=O)Nc2ccc(N3CCN(C(=O)Nc4ccccc4F)CC3)cc2)Cc2ccc(F)cc2)c1. The van der Waals surface area contributed by atoms with Crippen LogP contribution >= 0.6 is 0 Å². The molecule has 4 amide bonds. The van der Waals surface area contributed by atoms with Crippen LogP contribution in [0.15, 0.2) is 97.1 Å². The molecule has 4 aromatic rings. The summed E-state index contributed by atoms with van der Waals surface area (Å²) in [5.41, 5.74) is 2.66. The summed E-state index contributed by atoms with van der Waals surface area (Å²) in [6.07, 6.45) is 0. The van der Waals surface area contributed by atoms with E-state index in [1.54, 1.807) is 65.6 Å². The maximum Gasteiger partial charge on any atom is 0.322 e. The highest BCUT2D eigenvalue weighted by Gasteiger charge is 2.23. The Hall–Kier alpha value is -5.45. The van der Waals surface area contributed by atoms with Crippen LogP contribution < -0.4 is 20.3 Å². The minimum atomic E-state index is -0.485. The molecule has 1 aliphatic rings. The Morgan fingerprint density at radius 1 is 0.822 bits per heavy atom. The first kappa shape index (κ1) is 31.0. The number of rotatable bonds is 9. The number of nitrogens with one attached hydrogen (secondary N) is 2. The van der Waals surface area contributed by atoms with Gasteiger partial charge in [0, 0.05) is 49.7 Å². The van der Waals surface area contributed by atoms with Gasteiger partial charge in [0.2, 0.25) is 5.91 Å². The molecule has 0 saturated carbocycles. The maximum atomic E-state index is 13.9. The zero-order chi connectivity index (χ0) is 31.8. The Bertz CT molecular complexity index is 1640. The summed E-state index contributed by atoms with van der Waals surface area (Å²) in [6.45, 7) is 1.97. The van der Waals surface area contributed by atoms with Gasteiger partial charge >= 0.3 is 6.03 Å². The van der Waals surface area contributed by atoms with Crippen molar-refractivity contribution in [3.05, 3.63) is 120 Å². The number of methoxy groups -OCH3 is 1. The molecule has 0 bridgehead atoms. The molecule has 1 aliphatic heterocycles. The fourth-order valence-corrected chi connectivity index (χ4v) is 5.00. The Kier molecular flexibility index (Phi) is 9.88. The second-order valence-corrected chi connectivity index (χ2v) is 10.5. The highest BCUT2D eigenvalue weighted by molar-refractivity contribution is 5.99. The van der Waals surface area contributed by atoms with Gasteiger partial charge in [0.15, 0.2) is 0 Å². The third-order valence-electron chi connectivity index (χ3n) is 7.42. The third-order valence-corrected chi connectivity index (χ3v) is 7.42. The number of urea groups is 1. The summed E-state index contributed by atoms with van der Waals surface area (Å²) in [5.74, 6) is -1.13. The van der Waals surface area contributed by atoms with Crippen molar-refractivity contribution in [3.8, 4) is 5.75 Å². The van der Waals surface area contributed by atoms with Gasteiger partial charge in [0.1, 0.15) is 23.9 Å². The lowest BCUT2D eigenvalue weighted by Crippen LogP contribution is -2.50. The van der Waals surface area contributed by atoms with E-state index in [1.165, 1.54) is 36.3 Å². The lowest BCUT2D eigenvalue weighted by Gasteiger charge is -2.36. The minimum absolute atomic E-state index is 0.104. The molecule has 232 valence electrons. The van der Waals surface area contributed by atoms with Gasteiger partial charge in [-0.3, -0.25) is 9.59 Å². The van der Waals surface area contributed by atoms with Crippen molar-refractivity contribution in [2.24, 2.45) is 0 Å². The number of amides is 4. The molecule has 5 rings (SSSR count). The molecule has 4 aromatic carbocycles. The van der Waals surface area contributed by atoms with E-state index >= 15 is 0 Å². The zero-order valence-electron chi connectivity index (χ0n) is 24.7. The highest BCUT2D eigenvalue weighted by Crippen LogP contribution is 2.21. The number of carbonyl (C=O) groups excluding carboxylic acids is 3. The molecule has 0 radical (unpaired) electrons. The average Bonchev–Trinajstić information content (AvgIpc) is 3.06. The standard InChI is InChI=1S/C34H33F2N5O4/c1-45-29-6-4-5-25(21-29)33(43)41(22-24-9-11-26(35)12-10-24)23-32(42)37-27-13-15-28(16-14-27)39-17-19-40(20-18-39)34(44)38-31-8-3-2-7-30(31)36/h2-16,21H,17-20,22-23H2,1H3,(H,37,42)(H,38,44). The summed E-state index contributed by atoms with van der Waals surface area (Å²) < 4.78 is 32.6. The fraction of sp³-hybridized carbons (Fsp3) is 0.206. The molecular weight excluding hydrogens is 580 g/mol. The van der Waals surface area contributed by atoms with Crippen LogP contribution in [0.25, 0.3) is 0 Å².